The van der Waals surface area contributed by atoms with Crippen LogP contribution in [0.25, 0.3) is 6.08 Å². The minimum Gasteiger partial charge on any atom is -0.493 e. The van der Waals surface area contributed by atoms with Gasteiger partial charge in [-0.1, -0.05) is 0 Å². The van der Waals surface area contributed by atoms with Gasteiger partial charge in [0.25, 0.3) is 0 Å². The van der Waals surface area contributed by atoms with Crippen molar-refractivity contribution in [1.29, 1.82) is 0 Å². The predicted molar refractivity (Wildman–Crippen MR) is 122 cm³/mol. The molecular formula is C23H35N3O6. The topological polar surface area (TPSA) is 89.6 Å². The molecule has 2 amide bonds. The van der Waals surface area contributed by atoms with E-state index >= 15 is 0 Å². The predicted octanol–water partition coefficient (Wildman–Crippen LogP) is 2.39. The molecule has 1 aromatic carbocycles. The zero-order valence-electron chi connectivity index (χ0n) is 19.9. The Bertz CT molecular complexity index is 785. The second-order valence-corrected chi connectivity index (χ2v) is 8.39. The highest BCUT2D eigenvalue weighted by Crippen LogP contribution is 2.38. The van der Waals surface area contributed by atoms with Crippen LogP contribution in [-0.4, -0.2) is 88.0 Å². The number of benzene rings is 1. The second kappa shape index (κ2) is 11.6. The van der Waals surface area contributed by atoms with Crippen LogP contribution >= 0.6 is 0 Å². The molecule has 1 aromatic rings. The number of carbonyl (C=O) groups excluding carboxylic acids is 2. The number of nitrogens with one attached hydrogen (secondary N) is 1. The number of ether oxygens (including phenoxy) is 4. The van der Waals surface area contributed by atoms with Crippen LogP contribution in [0.1, 0.15) is 26.3 Å². The van der Waals surface area contributed by atoms with Gasteiger partial charge in [0.1, 0.15) is 5.60 Å². The Kier molecular flexibility index (Phi) is 9.19. The lowest BCUT2D eigenvalue weighted by Crippen LogP contribution is -2.51. The maximum atomic E-state index is 12.2. The molecule has 1 aliphatic heterocycles. The van der Waals surface area contributed by atoms with Gasteiger partial charge in [-0.3, -0.25) is 9.69 Å². The molecule has 0 radical (unpaired) electrons. The van der Waals surface area contributed by atoms with Gasteiger partial charge in [0.2, 0.25) is 11.7 Å². The lowest BCUT2D eigenvalue weighted by atomic mass is 10.1. The summed E-state index contributed by atoms with van der Waals surface area (Å²) in [5.74, 6) is 1.37. The summed E-state index contributed by atoms with van der Waals surface area (Å²) in [6.07, 6.45) is 2.89. The molecule has 0 bridgehead atoms. The van der Waals surface area contributed by atoms with E-state index < -0.39 is 5.60 Å². The quantitative estimate of drug-likeness (QED) is 0.610. The minimum atomic E-state index is -0.492. The highest BCUT2D eigenvalue weighted by atomic mass is 16.6. The Morgan fingerprint density at radius 1 is 1.00 bits per heavy atom. The second-order valence-electron chi connectivity index (χ2n) is 8.39. The summed E-state index contributed by atoms with van der Waals surface area (Å²) in [5, 5.41) is 2.89. The van der Waals surface area contributed by atoms with E-state index in [1.165, 1.54) is 6.08 Å². The third kappa shape index (κ3) is 7.64. The van der Waals surface area contributed by atoms with Crippen molar-refractivity contribution in [2.24, 2.45) is 0 Å². The molecule has 1 fully saturated rings. The minimum absolute atomic E-state index is 0.189. The molecule has 178 valence electrons. The summed E-state index contributed by atoms with van der Waals surface area (Å²) in [5.41, 5.74) is 0.265. The molecule has 1 aliphatic rings. The largest absolute Gasteiger partial charge is 0.493 e. The Labute approximate surface area is 190 Å². The number of amides is 2. The first-order chi connectivity index (χ1) is 15.2. The number of piperazine rings is 1. The summed E-state index contributed by atoms with van der Waals surface area (Å²) >= 11 is 0. The zero-order chi connectivity index (χ0) is 23.7. The number of hydrogen-bond acceptors (Lipinski definition) is 7. The fourth-order valence-corrected chi connectivity index (χ4v) is 3.25. The van der Waals surface area contributed by atoms with Crippen molar-refractivity contribution in [3.05, 3.63) is 23.8 Å². The molecule has 0 saturated carbocycles. The third-order valence-electron chi connectivity index (χ3n) is 4.87. The van der Waals surface area contributed by atoms with Crippen molar-refractivity contribution < 1.29 is 28.5 Å². The highest BCUT2D eigenvalue weighted by Gasteiger charge is 2.25. The molecule has 0 spiro atoms. The number of rotatable bonds is 8. The van der Waals surface area contributed by atoms with Crippen molar-refractivity contribution in [2.75, 3.05) is 60.6 Å². The number of hydrogen-bond donors (Lipinski definition) is 1. The van der Waals surface area contributed by atoms with Crippen LogP contribution in [0.2, 0.25) is 0 Å². The molecule has 32 heavy (non-hydrogen) atoms. The average molecular weight is 450 g/mol. The summed E-state index contributed by atoms with van der Waals surface area (Å²) in [7, 11) is 4.64. The first-order valence-corrected chi connectivity index (χ1v) is 10.6. The van der Waals surface area contributed by atoms with Gasteiger partial charge in [0.05, 0.1) is 21.3 Å². The van der Waals surface area contributed by atoms with E-state index in [0.29, 0.717) is 43.4 Å². The number of carbonyl (C=O) groups is 2. The Morgan fingerprint density at radius 2 is 1.59 bits per heavy atom. The van der Waals surface area contributed by atoms with Crippen molar-refractivity contribution in [2.45, 2.75) is 26.4 Å². The van der Waals surface area contributed by atoms with Gasteiger partial charge in [-0.15, -0.1) is 0 Å². The lowest BCUT2D eigenvalue weighted by molar-refractivity contribution is -0.116. The van der Waals surface area contributed by atoms with Crippen LogP contribution in [0.5, 0.6) is 17.2 Å². The Balaban J connectivity index is 1.78. The number of methoxy groups -OCH3 is 3. The van der Waals surface area contributed by atoms with Gasteiger partial charge < -0.3 is 29.2 Å². The van der Waals surface area contributed by atoms with E-state index in [1.807, 2.05) is 20.8 Å². The summed E-state index contributed by atoms with van der Waals surface area (Å²) in [4.78, 5) is 28.3. The molecule has 1 saturated heterocycles. The smallest absolute Gasteiger partial charge is 0.410 e. The van der Waals surface area contributed by atoms with E-state index in [4.69, 9.17) is 18.9 Å². The van der Waals surface area contributed by atoms with Crippen molar-refractivity contribution >= 4 is 18.1 Å². The van der Waals surface area contributed by atoms with Gasteiger partial charge in [0.15, 0.2) is 11.5 Å². The van der Waals surface area contributed by atoms with Crippen molar-refractivity contribution in [3.8, 4) is 17.2 Å². The van der Waals surface area contributed by atoms with Gasteiger partial charge in [0, 0.05) is 45.3 Å². The molecule has 1 N–H and O–H groups in total. The van der Waals surface area contributed by atoms with E-state index in [2.05, 4.69) is 10.2 Å². The Morgan fingerprint density at radius 3 is 2.09 bits per heavy atom. The molecule has 0 unspecified atom stereocenters. The molecule has 0 atom stereocenters. The van der Waals surface area contributed by atoms with Gasteiger partial charge in [-0.2, -0.15) is 0 Å². The normalized spacial score (nSPS) is 14.9. The molecule has 0 aromatic heterocycles. The van der Waals surface area contributed by atoms with Crippen LogP contribution < -0.4 is 19.5 Å². The fraction of sp³-hybridized carbons (Fsp3) is 0.565. The van der Waals surface area contributed by atoms with Crippen LogP contribution in [0, 0.1) is 0 Å². The molecule has 9 nitrogen and oxygen atoms in total. The summed E-state index contributed by atoms with van der Waals surface area (Å²) in [6.45, 7) is 9.54. The van der Waals surface area contributed by atoms with Gasteiger partial charge in [-0.05, 0) is 44.5 Å². The molecule has 2 rings (SSSR count). The summed E-state index contributed by atoms with van der Waals surface area (Å²) < 4.78 is 21.4. The Hall–Kier alpha value is -2.94. The third-order valence-corrected chi connectivity index (χ3v) is 4.87. The van der Waals surface area contributed by atoms with E-state index in [0.717, 1.165) is 18.7 Å². The zero-order valence-corrected chi connectivity index (χ0v) is 19.9. The summed E-state index contributed by atoms with van der Waals surface area (Å²) in [6, 6.07) is 3.55. The maximum absolute atomic E-state index is 12.2. The van der Waals surface area contributed by atoms with Crippen LogP contribution in [0.4, 0.5) is 4.79 Å². The first kappa shape index (κ1) is 25.3. The van der Waals surface area contributed by atoms with Crippen molar-refractivity contribution in [3.63, 3.8) is 0 Å². The van der Waals surface area contributed by atoms with Crippen molar-refractivity contribution in [1.82, 2.24) is 15.1 Å². The first-order valence-electron chi connectivity index (χ1n) is 10.6. The van der Waals surface area contributed by atoms with E-state index in [1.54, 1.807) is 44.4 Å². The lowest BCUT2D eigenvalue weighted by Gasteiger charge is -2.35. The number of nitrogens with zero attached hydrogens (tertiary/aromatic N) is 2. The maximum Gasteiger partial charge on any atom is 0.410 e. The van der Waals surface area contributed by atoms with E-state index in [9.17, 15) is 9.59 Å². The standard InChI is InChI=1S/C23H35N3O6/c1-23(2,3)32-22(28)26-13-11-25(12-14-26)10-9-24-20(27)8-7-17-15-18(29-4)21(31-6)19(16-17)30-5/h7-8,15-16H,9-14H2,1-6H3,(H,24,27)/b8-7+. The fourth-order valence-electron chi connectivity index (χ4n) is 3.25. The molecular weight excluding hydrogens is 414 g/mol. The van der Waals surface area contributed by atoms with E-state index in [-0.39, 0.29) is 12.0 Å². The monoisotopic (exact) mass is 449 g/mol. The van der Waals surface area contributed by atoms with Gasteiger partial charge in [-0.25, -0.2) is 4.79 Å². The average Bonchev–Trinajstić information content (AvgIpc) is 2.76. The molecule has 1 heterocycles. The van der Waals surface area contributed by atoms with Crippen LogP contribution in [-0.2, 0) is 9.53 Å². The van der Waals surface area contributed by atoms with Crippen LogP contribution in [0.3, 0.4) is 0 Å². The molecule has 9 heteroatoms. The SMILES string of the molecule is COc1cc(/C=C/C(=O)NCCN2CCN(C(=O)OC(C)(C)C)CC2)cc(OC)c1OC. The highest BCUT2D eigenvalue weighted by molar-refractivity contribution is 5.91. The van der Waals surface area contributed by atoms with Crippen LogP contribution in [0.15, 0.2) is 18.2 Å². The molecule has 0 aliphatic carbocycles. The van der Waals surface area contributed by atoms with Gasteiger partial charge >= 0.3 is 6.09 Å².